The molecule has 0 aliphatic carbocycles. The Morgan fingerprint density at radius 1 is 0.739 bits per heavy atom. The van der Waals surface area contributed by atoms with E-state index in [1.807, 2.05) is 12.1 Å². The summed E-state index contributed by atoms with van der Waals surface area (Å²) >= 11 is 0. The van der Waals surface area contributed by atoms with Gasteiger partial charge in [-0.15, -0.1) is 0 Å². The first-order chi connectivity index (χ1) is 11.2. The highest BCUT2D eigenvalue weighted by molar-refractivity contribution is 6.03. The summed E-state index contributed by atoms with van der Waals surface area (Å²) < 4.78 is 0. The first kappa shape index (κ1) is 15.2. The maximum Gasteiger partial charge on any atom is 0.0638 e. The largest absolute Gasteiger partial charge is 0.252 e. The van der Waals surface area contributed by atoms with Crippen LogP contribution in [0.5, 0.6) is 0 Å². The third kappa shape index (κ3) is 4.17. The van der Waals surface area contributed by atoms with E-state index in [2.05, 4.69) is 80.6 Å². The minimum absolute atomic E-state index is 0.831. The molecule has 0 saturated carbocycles. The van der Waals surface area contributed by atoms with Crippen molar-refractivity contribution in [2.75, 3.05) is 0 Å². The number of benzene rings is 3. The zero-order valence-electron chi connectivity index (χ0n) is 13.7. The van der Waals surface area contributed by atoms with Crippen molar-refractivity contribution >= 4 is 11.4 Å². The van der Waals surface area contributed by atoms with Crippen LogP contribution in [0.4, 0.5) is 5.69 Å². The van der Waals surface area contributed by atoms with E-state index >= 15 is 0 Å². The molecule has 23 heavy (non-hydrogen) atoms. The van der Waals surface area contributed by atoms with Gasteiger partial charge in [0.2, 0.25) is 0 Å². The van der Waals surface area contributed by atoms with Gasteiger partial charge in [-0.05, 0) is 48.2 Å². The molecule has 0 bridgehead atoms. The molecule has 0 saturated heterocycles. The van der Waals surface area contributed by atoms with Gasteiger partial charge in [-0.1, -0.05) is 66.7 Å². The third-order valence-electron chi connectivity index (χ3n) is 3.79. The van der Waals surface area contributed by atoms with Crippen molar-refractivity contribution in [3.63, 3.8) is 0 Å². The van der Waals surface area contributed by atoms with Gasteiger partial charge in [-0.3, -0.25) is 4.99 Å². The van der Waals surface area contributed by atoms with Gasteiger partial charge in [0.25, 0.3) is 0 Å². The fourth-order valence-corrected chi connectivity index (χ4v) is 2.80. The predicted octanol–water partition coefficient (Wildman–Crippen LogP) is 5.67. The summed E-state index contributed by atoms with van der Waals surface area (Å²) in [5.74, 6) is 0. The van der Waals surface area contributed by atoms with Crippen LogP contribution in [-0.2, 0) is 6.42 Å². The van der Waals surface area contributed by atoms with Crippen molar-refractivity contribution < 1.29 is 0 Å². The average molecular weight is 299 g/mol. The van der Waals surface area contributed by atoms with Gasteiger partial charge in [0.05, 0.1) is 11.4 Å². The number of rotatable bonds is 4. The molecular weight excluding hydrogens is 278 g/mol. The molecule has 0 aromatic heterocycles. The SMILES string of the molecule is Cc1cc(C)cc(N=C(Cc2ccccc2)c2ccccc2)c1. The van der Waals surface area contributed by atoms with Crippen molar-refractivity contribution in [1.82, 2.24) is 0 Å². The third-order valence-corrected chi connectivity index (χ3v) is 3.79. The lowest BCUT2D eigenvalue weighted by Gasteiger charge is -2.09. The molecule has 0 unspecified atom stereocenters. The van der Waals surface area contributed by atoms with E-state index in [1.54, 1.807) is 0 Å². The van der Waals surface area contributed by atoms with Crippen LogP contribution in [0.2, 0.25) is 0 Å². The van der Waals surface area contributed by atoms with E-state index in [0.29, 0.717) is 0 Å². The van der Waals surface area contributed by atoms with E-state index in [4.69, 9.17) is 4.99 Å². The molecule has 0 heterocycles. The molecule has 3 rings (SSSR count). The summed E-state index contributed by atoms with van der Waals surface area (Å²) in [5, 5.41) is 0. The predicted molar refractivity (Wildman–Crippen MR) is 98.7 cm³/mol. The Morgan fingerprint density at radius 2 is 1.30 bits per heavy atom. The number of aryl methyl sites for hydroxylation is 2. The standard InChI is InChI=1S/C22H21N/c1-17-13-18(2)15-21(14-17)23-22(20-11-7-4-8-12-20)16-19-9-5-3-6-10-19/h3-15H,16H2,1-2H3. The van der Waals surface area contributed by atoms with E-state index in [1.165, 1.54) is 22.3 Å². The number of hydrogen-bond donors (Lipinski definition) is 0. The van der Waals surface area contributed by atoms with Crippen LogP contribution in [0.3, 0.4) is 0 Å². The molecule has 0 amide bonds. The summed E-state index contributed by atoms with van der Waals surface area (Å²) in [6, 6.07) is 27.4. The van der Waals surface area contributed by atoms with Gasteiger partial charge in [0.1, 0.15) is 0 Å². The normalized spacial score (nSPS) is 11.5. The topological polar surface area (TPSA) is 12.4 Å². The highest BCUT2D eigenvalue weighted by Gasteiger charge is 2.06. The van der Waals surface area contributed by atoms with Crippen LogP contribution in [0.1, 0.15) is 22.3 Å². The van der Waals surface area contributed by atoms with Crippen LogP contribution in [0.15, 0.2) is 83.9 Å². The average Bonchev–Trinajstić information content (AvgIpc) is 2.55. The highest BCUT2D eigenvalue weighted by atomic mass is 14.7. The first-order valence-electron chi connectivity index (χ1n) is 7.96. The second-order valence-electron chi connectivity index (χ2n) is 5.93. The number of nitrogens with zero attached hydrogens (tertiary/aromatic N) is 1. The zero-order chi connectivity index (χ0) is 16.1. The smallest absolute Gasteiger partial charge is 0.0638 e. The maximum atomic E-state index is 4.96. The van der Waals surface area contributed by atoms with Crippen molar-refractivity contribution in [3.8, 4) is 0 Å². The number of hydrogen-bond acceptors (Lipinski definition) is 1. The monoisotopic (exact) mass is 299 g/mol. The Kier molecular flexibility index (Phi) is 4.68. The molecule has 1 nitrogen and oxygen atoms in total. The van der Waals surface area contributed by atoms with E-state index < -0.39 is 0 Å². The molecule has 3 aromatic carbocycles. The van der Waals surface area contributed by atoms with Crippen LogP contribution in [-0.4, -0.2) is 5.71 Å². The lowest BCUT2D eigenvalue weighted by atomic mass is 10.0. The van der Waals surface area contributed by atoms with Gasteiger partial charge in [-0.2, -0.15) is 0 Å². The Labute approximate surface area is 138 Å². The lowest BCUT2D eigenvalue weighted by molar-refractivity contribution is 1.29. The highest BCUT2D eigenvalue weighted by Crippen LogP contribution is 2.20. The fraction of sp³-hybridized carbons (Fsp3) is 0.136. The van der Waals surface area contributed by atoms with E-state index in [9.17, 15) is 0 Å². The van der Waals surface area contributed by atoms with Gasteiger partial charge >= 0.3 is 0 Å². The maximum absolute atomic E-state index is 4.96. The van der Waals surface area contributed by atoms with Gasteiger partial charge < -0.3 is 0 Å². The van der Waals surface area contributed by atoms with Crippen LogP contribution in [0, 0.1) is 13.8 Å². The minimum Gasteiger partial charge on any atom is -0.252 e. The molecule has 114 valence electrons. The quantitative estimate of drug-likeness (QED) is 0.551. The van der Waals surface area contributed by atoms with Crippen LogP contribution < -0.4 is 0 Å². The molecular formula is C22H21N. The number of aliphatic imine (C=N–C) groups is 1. The Morgan fingerprint density at radius 3 is 1.91 bits per heavy atom. The van der Waals surface area contributed by atoms with Crippen LogP contribution >= 0.6 is 0 Å². The van der Waals surface area contributed by atoms with Crippen molar-refractivity contribution in [1.29, 1.82) is 0 Å². The van der Waals surface area contributed by atoms with Gasteiger partial charge in [0.15, 0.2) is 0 Å². The molecule has 0 aliphatic heterocycles. The van der Waals surface area contributed by atoms with Gasteiger partial charge in [-0.25, -0.2) is 0 Å². The minimum atomic E-state index is 0.831. The Bertz CT molecular complexity index is 782. The van der Waals surface area contributed by atoms with Crippen molar-refractivity contribution in [2.45, 2.75) is 20.3 Å². The Balaban J connectivity index is 2.02. The molecule has 0 radical (unpaired) electrons. The second kappa shape index (κ2) is 7.06. The second-order valence-corrected chi connectivity index (χ2v) is 5.93. The summed E-state index contributed by atoms with van der Waals surface area (Å²) in [5.41, 5.74) is 7.07. The molecule has 0 fully saturated rings. The summed E-state index contributed by atoms with van der Waals surface area (Å²) in [7, 11) is 0. The summed E-state index contributed by atoms with van der Waals surface area (Å²) in [6.07, 6.45) is 0.831. The Hall–Kier alpha value is -2.67. The zero-order valence-corrected chi connectivity index (χ0v) is 13.7. The summed E-state index contributed by atoms with van der Waals surface area (Å²) in [4.78, 5) is 4.96. The molecule has 1 heteroatoms. The van der Waals surface area contributed by atoms with E-state index in [0.717, 1.165) is 17.8 Å². The molecule has 0 spiro atoms. The van der Waals surface area contributed by atoms with Crippen molar-refractivity contribution in [3.05, 3.63) is 101 Å². The molecule has 3 aromatic rings. The van der Waals surface area contributed by atoms with Crippen molar-refractivity contribution in [2.24, 2.45) is 4.99 Å². The lowest BCUT2D eigenvalue weighted by Crippen LogP contribution is -2.05. The van der Waals surface area contributed by atoms with E-state index in [-0.39, 0.29) is 0 Å². The molecule has 0 atom stereocenters. The van der Waals surface area contributed by atoms with Gasteiger partial charge in [0, 0.05) is 6.42 Å². The summed E-state index contributed by atoms with van der Waals surface area (Å²) in [6.45, 7) is 4.23. The first-order valence-corrected chi connectivity index (χ1v) is 7.96. The molecule has 0 N–H and O–H groups in total. The molecule has 0 aliphatic rings. The fourth-order valence-electron chi connectivity index (χ4n) is 2.80. The van der Waals surface area contributed by atoms with Crippen LogP contribution in [0.25, 0.3) is 0 Å².